The highest BCUT2D eigenvalue weighted by atomic mass is 16.7. The highest BCUT2D eigenvalue weighted by Gasteiger charge is 2.63. The molecule has 0 amide bonds. The predicted octanol–water partition coefficient (Wildman–Crippen LogP) is 4.33. The molecule has 0 aromatic heterocycles. The Hall–Kier alpha value is -0.650. The van der Waals surface area contributed by atoms with Gasteiger partial charge in [-0.2, -0.15) is 0 Å². The van der Waals surface area contributed by atoms with E-state index in [0.717, 1.165) is 43.6 Å². The fourth-order valence-corrected chi connectivity index (χ4v) is 9.06. The summed E-state index contributed by atoms with van der Waals surface area (Å²) in [6.45, 7) is 5.25. The molecule has 0 radical (unpaired) electrons. The van der Waals surface area contributed by atoms with Gasteiger partial charge in [0, 0.05) is 11.8 Å². The van der Waals surface area contributed by atoms with Crippen molar-refractivity contribution in [2.75, 3.05) is 13.4 Å². The minimum Gasteiger partial charge on any atom is -0.438 e. The Morgan fingerprint density at radius 2 is 1.53 bits per heavy atom. The average Bonchev–Trinajstić information content (AvgIpc) is 3.40. The van der Waals surface area contributed by atoms with Crippen molar-refractivity contribution in [2.45, 2.75) is 96.1 Å². The summed E-state index contributed by atoms with van der Waals surface area (Å²) in [5.41, 5.74) is 0.370. The monoisotopic (exact) mass is 418 g/mol. The maximum atomic E-state index is 12.9. The van der Waals surface area contributed by atoms with Gasteiger partial charge in [0.05, 0.1) is 36.9 Å². The lowest BCUT2D eigenvalue weighted by Crippen LogP contribution is -2.48. The van der Waals surface area contributed by atoms with Crippen molar-refractivity contribution < 1.29 is 23.7 Å². The minimum absolute atomic E-state index is 0.0304. The molecule has 168 valence electrons. The Morgan fingerprint density at radius 3 is 2.17 bits per heavy atom. The van der Waals surface area contributed by atoms with Gasteiger partial charge in [-0.3, -0.25) is 4.79 Å². The van der Waals surface area contributed by atoms with Crippen LogP contribution in [0.25, 0.3) is 0 Å². The Bertz CT molecular complexity index is 641. The van der Waals surface area contributed by atoms with Crippen LogP contribution in [0.15, 0.2) is 0 Å². The zero-order chi connectivity index (χ0) is 20.5. The van der Waals surface area contributed by atoms with Crippen LogP contribution in [0.3, 0.4) is 0 Å². The van der Waals surface area contributed by atoms with Crippen LogP contribution in [0, 0.1) is 40.9 Å². The fraction of sp³-hybridized carbons (Fsp3) is 0.960. The molecule has 7 fully saturated rings. The highest BCUT2D eigenvalue weighted by molar-refractivity contribution is 5.74. The molecule has 7 atom stereocenters. The zero-order valence-electron chi connectivity index (χ0n) is 18.6. The van der Waals surface area contributed by atoms with Crippen molar-refractivity contribution in [3.8, 4) is 0 Å². The second-order valence-electron chi connectivity index (χ2n) is 11.5. The van der Waals surface area contributed by atoms with E-state index >= 15 is 0 Å². The molecule has 7 aliphatic rings. The first-order valence-electron chi connectivity index (χ1n) is 12.6. The van der Waals surface area contributed by atoms with E-state index in [1.165, 1.54) is 38.5 Å². The predicted molar refractivity (Wildman–Crippen MR) is 111 cm³/mol. The topological polar surface area (TPSA) is 54.0 Å². The maximum Gasteiger partial charge on any atom is 0.313 e. The van der Waals surface area contributed by atoms with Gasteiger partial charge in [-0.1, -0.05) is 13.8 Å². The smallest absolute Gasteiger partial charge is 0.313 e. The number of ether oxygens (including phenoxy) is 4. The van der Waals surface area contributed by atoms with Gasteiger partial charge in [0.1, 0.15) is 0 Å². The molecule has 0 aromatic carbocycles. The summed E-state index contributed by atoms with van der Waals surface area (Å²) in [4.78, 5) is 12.9. The number of carbonyl (C=O) groups is 1. The van der Waals surface area contributed by atoms with Gasteiger partial charge in [0.15, 0.2) is 6.79 Å². The molecule has 3 saturated heterocycles. The number of carbonyl (C=O) groups excluding carboxylic acids is 1. The van der Waals surface area contributed by atoms with Crippen molar-refractivity contribution in [1.29, 1.82) is 0 Å². The third-order valence-electron chi connectivity index (χ3n) is 9.64. The van der Waals surface area contributed by atoms with E-state index in [1.54, 1.807) is 0 Å². The molecule has 7 unspecified atom stereocenters. The number of hydrogen-bond acceptors (Lipinski definition) is 5. The Labute approximate surface area is 180 Å². The Kier molecular flexibility index (Phi) is 4.97. The second-order valence-corrected chi connectivity index (χ2v) is 11.5. The minimum atomic E-state index is -0.146. The van der Waals surface area contributed by atoms with E-state index in [2.05, 4.69) is 13.8 Å². The standard InChI is InChI=1S/C25H38O5/c1-3-18-21-20-8-17(23(30-20)22(21)19(4-2)29-18)24(26)28-13-27-12-25-9-14-5-15(10-25)7-16(6-14)11-25/h14-23H,3-13H2,1-2H3. The zero-order valence-corrected chi connectivity index (χ0v) is 18.6. The average molecular weight is 419 g/mol. The van der Waals surface area contributed by atoms with Gasteiger partial charge in [-0.05, 0) is 81.0 Å². The molecule has 5 heteroatoms. The lowest BCUT2D eigenvalue weighted by molar-refractivity contribution is -0.173. The van der Waals surface area contributed by atoms with E-state index in [9.17, 15) is 4.79 Å². The second kappa shape index (κ2) is 7.45. The molecule has 0 aromatic rings. The molecule has 3 heterocycles. The third kappa shape index (κ3) is 3.09. The van der Waals surface area contributed by atoms with Gasteiger partial charge >= 0.3 is 5.97 Å². The first kappa shape index (κ1) is 20.0. The van der Waals surface area contributed by atoms with E-state index in [4.69, 9.17) is 18.9 Å². The molecule has 5 nitrogen and oxygen atoms in total. The van der Waals surface area contributed by atoms with E-state index < -0.39 is 0 Å². The molecular formula is C25H38O5. The lowest BCUT2D eigenvalue weighted by atomic mass is 9.50. The Balaban J connectivity index is 1.02. The number of rotatable bonds is 7. The normalized spacial score (nSPS) is 52.7. The van der Waals surface area contributed by atoms with Gasteiger partial charge < -0.3 is 18.9 Å². The van der Waals surface area contributed by atoms with Crippen LogP contribution in [0.4, 0.5) is 0 Å². The molecule has 7 rings (SSSR count). The van der Waals surface area contributed by atoms with Gasteiger partial charge in [0.2, 0.25) is 0 Å². The van der Waals surface area contributed by atoms with Crippen LogP contribution >= 0.6 is 0 Å². The van der Waals surface area contributed by atoms with Crippen molar-refractivity contribution in [1.82, 2.24) is 0 Å². The molecule has 6 bridgehead atoms. The van der Waals surface area contributed by atoms with Crippen LogP contribution in [0.1, 0.15) is 71.6 Å². The largest absolute Gasteiger partial charge is 0.438 e. The molecule has 0 N–H and O–H groups in total. The number of esters is 1. The van der Waals surface area contributed by atoms with Crippen LogP contribution in [0.2, 0.25) is 0 Å². The summed E-state index contributed by atoms with van der Waals surface area (Å²) < 4.78 is 24.2. The van der Waals surface area contributed by atoms with Crippen LogP contribution < -0.4 is 0 Å². The Morgan fingerprint density at radius 1 is 0.900 bits per heavy atom. The summed E-state index contributed by atoms with van der Waals surface area (Å²) in [7, 11) is 0. The van der Waals surface area contributed by atoms with Crippen LogP contribution in [0.5, 0.6) is 0 Å². The fourth-order valence-electron chi connectivity index (χ4n) is 9.06. The van der Waals surface area contributed by atoms with Gasteiger partial charge in [-0.15, -0.1) is 0 Å². The lowest BCUT2D eigenvalue weighted by Gasteiger charge is -2.56. The summed E-state index contributed by atoms with van der Waals surface area (Å²) in [5.74, 6) is 3.32. The summed E-state index contributed by atoms with van der Waals surface area (Å²) in [5, 5.41) is 0. The van der Waals surface area contributed by atoms with Crippen LogP contribution in [-0.4, -0.2) is 43.8 Å². The van der Waals surface area contributed by atoms with Crippen molar-refractivity contribution in [3.05, 3.63) is 0 Å². The van der Waals surface area contributed by atoms with Crippen molar-refractivity contribution >= 4 is 5.97 Å². The van der Waals surface area contributed by atoms with E-state index in [1.807, 2.05) is 0 Å². The third-order valence-corrected chi connectivity index (χ3v) is 9.64. The summed E-state index contributed by atoms with van der Waals surface area (Å²) >= 11 is 0. The SMILES string of the molecule is CCC1OC(CC)C2C3OC(CC3C(=O)OCOCC34CC5CC(CC(C5)C3)C4)C12. The molecule has 0 spiro atoms. The molecule has 3 aliphatic heterocycles. The first-order chi connectivity index (χ1) is 14.6. The quantitative estimate of drug-likeness (QED) is 0.350. The van der Waals surface area contributed by atoms with Crippen molar-refractivity contribution in [2.24, 2.45) is 40.9 Å². The van der Waals surface area contributed by atoms with Crippen molar-refractivity contribution in [3.63, 3.8) is 0 Å². The van der Waals surface area contributed by atoms with Gasteiger partial charge in [0.25, 0.3) is 0 Å². The van der Waals surface area contributed by atoms with E-state index in [-0.39, 0.29) is 43.1 Å². The molecule has 4 saturated carbocycles. The maximum absolute atomic E-state index is 12.9. The van der Waals surface area contributed by atoms with Crippen LogP contribution in [-0.2, 0) is 23.7 Å². The molecule has 30 heavy (non-hydrogen) atoms. The first-order valence-corrected chi connectivity index (χ1v) is 12.6. The summed E-state index contributed by atoms with van der Waals surface area (Å²) in [6.07, 6.45) is 11.8. The molecule has 4 aliphatic carbocycles. The summed E-state index contributed by atoms with van der Waals surface area (Å²) in [6, 6.07) is 0. The number of hydrogen-bond donors (Lipinski definition) is 0. The van der Waals surface area contributed by atoms with Gasteiger partial charge in [-0.25, -0.2) is 0 Å². The molecular weight excluding hydrogens is 380 g/mol. The highest BCUT2D eigenvalue weighted by Crippen LogP contribution is 2.60. The van der Waals surface area contributed by atoms with E-state index in [0.29, 0.717) is 17.3 Å². The number of fused-ring (bicyclic) bond motifs is 5.